The van der Waals surface area contributed by atoms with Crippen molar-refractivity contribution in [2.24, 2.45) is 0 Å². The van der Waals surface area contributed by atoms with E-state index >= 15 is 0 Å². The van der Waals surface area contributed by atoms with Gasteiger partial charge in [-0.3, -0.25) is 10.1 Å². The van der Waals surface area contributed by atoms with Crippen molar-refractivity contribution in [2.45, 2.75) is 12.8 Å². The normalized spacial score (nSPS) is 12.4. The number of anilines is 1. The number of nitrogens with zero attached hydrogens (tertiary/aromatic N) is 3. The van der Waals surface area contributed by atoms with E-state index in [-0.39, 0.29) is 40.4 Å². The quantitative estimate of drug-likeness (QED) is 0.662. The number of nitrogens with one attached hydrogen (secondary N) is 1. The van der Waals surface area contributed by atoms with Crippen LogP contribution in [0.25, 0.3) is 11.3 Å². The zero-order valence-electron chi connectivity index (χ0n) is 15.5. The third-order valence-electron chi connectivity index (χ3n) is 4.23. The third-order valence-corrected chi connectivity index (χ3v) is 5.18. The molecule has 0 unspecified atom stereocenters. The minimum atomic E-state index is -4.56. The van der Waals surface area contributed by atoms with Gasteiger partial charge in [0, 0.05) is 5.56 Å². The molecule has 1 aliphatic heterocycles. The summed E-state index contributed by atoms with van der Waals surface area (Å²) in [7, 11) is 2.68. The Balaban J connectivity index is 1.69. The van der Waals surface area contributed by atoms with E-state index in [1.165, 1.54) is 32.7 Å². The molecule has 3 aromatic rings. The number of rotatable bonds is 4. The van der Waals surface area contributed by atoms with Crippen LogP contribution < -0.4 is 19.5 Å². The van der Waals surface area contributed by atoms with Crippen molar-refractivity contribution in [1.82, 2.24) is 15.0 Å². The van der Waals surface area contributed by atoms with Gasteiger partial charge in [-0.1, -0.05) is 17.4 Å². The first-order chi connectivity index (χ1) is 14.3. The number of aromatic nitrogens is 3. The Kier molecular flexibility index (Phi) is 4.94. The molecule has 4 rings (SSSR count). The van der Waals surface area contributed by atoms with Gasteiger partial charge >= 0.3 is 6.18 Å². The van der Waals surface area contributed by atoms with E-state index in [1.807, 2.05) is 0 Å². The molecule has 8 nitrogen and oxygen atoms in total. The fourth-order valence-electron chi connectivity index (χ4n) is 2.97. The number of hydrogen-bond acceptors (Lipinski definition) is 8. The summed E-state index contributed by atoms with van der Waals surface area (Å²) in [5.74, 6) is -0.908. The number of carbonyl (C=O) groups is 1. The first-order valence-corrected chi connectivity index (χ1v) is 9.22. The van der Waals surface area contributed by atoms with Crippen molar-refractivity contribution in [3.63, 3.8) is 0 Å². The lowest BCUT2D eigenvalue weighted by atomic mass is 10.0. The van der Waals surface area contributed by atoms with Crippen LogP contribution in [0.3, 0.4) is 0 Å². The van der Waals surface area contributed by atoms with Crippen LogP contribution >= 0.6 is 11.3 Å². The van der Waals surface area contributed by atoms with Crippen LogP contribution in [0.2, 0.25) is 0 Å². The van der Waals surface area contributed by atoms with Gasteiger partial charge < -0.3 is 14.2 Å². The zero-order chi connectivity index (χ0) is 21.5. The fraction of sp³-hybridized carbons (Fsp3) is 0.222. The monoisotopic (exact) mass is 438 g/mol. The maximum atomic E-state index is 13.3. The van der Waals surface area contributed by atoms with E-state index in [9.17, 15) is 18.0 Å². The predicted octanol–water partition coefficient (Wildman–Crippen LogP) is 3.78. The molecule has 0 saturated heterocycles. The number of fused-ring (bicyclic) bond motifs is 3. The highest BCUT2D eigenvalue weighted by molar-refractivity contribution is 7.16. The molecule has 0 spiro atoms. The molecule has 30 heavy (non-hydrogen) atoms. The fourth-order valence-corrected chi connectivity index (χ4v) is 3.86. The molecular weight excluding hydrogens is 425 g/mol. The lowest BCUT2D eigenvalue weighted by molar-refractivity contribution is -0.139. The van der Waals surface area contributed by atoms with Crippen LogP contribution in [0.1, 0.15) is 20.8 Å². The molecule has 0 aliphatic carbocycles. The zero-order valence-corrected chi connectivity index (χ0v) is 16.3. The van der Waals surface area contributed by atoms with E-state index in [1.54, 1.807) is 0 Å². The van der Waals surface area contributed by atoms with Gasteiger partial charge in [-0.2, -0.15) is 13.2 Å². The van der Waals surface area contributed by atoms with E-state index in [0.29, 0.717) is 10.6 Å². The number of carbonyl (C=O) groups excluding carboxylic acids is 1. The van der Waals surface area contributed by atoms with Gasteiger partial charge in [0.05, 0.1) is 30.4 Å². The summed E-state index contributed by atoms with van der Waals surface area (Å²) in [4.78, 5) is 25.4. The highest BCUT2D eigenvalue weighted by Crippen LogP contribution is 2.47. The molecule has 156 valence electrons. The standard InChI is InChI=1S/C18H13F3N4O4S/c1-27-15-11(16(28-2)23-7-22-15)14(26)25-17-24-12-8-4-3-5-9(18(19,20)21)13(8)29-6-10(12)30-17/h3-5,7H,6H2,1-2H3,(H,24,25,26). The van der Waals surface area contributed by atoms with Crippen molar-refractivity contribution in [3.05, 3.63) is 40.5 Å². The highest BCUT2D eigenvalue weighted by Gasteiger charge is 2.37. The maximum absolute atomic E-state index is 13.3. The molecule has 1 amide bonds. The first-order valence-electron chi connectivity index (χ1n) is 8.41. The molecule has 12 heteroatoms. The van der Waals surface area contributed by atoms with E-state index < -0.39 is 17.6 Å². The van der Waals surface area contributed by atoms with Gasteiger partial charge in [0.15, 0.2) is 10.7 Å². The Morgan fingerprint density at radius 1 is 1.20 bits per heavy atom. The summed E-state index contributed by atoms with van der Waals surface area (Å²) in [6.45, 7) is -0.0932. The molecule has 1 N–H and O–H groups in total. The van der Waals surface area contributed by atoms with Gasteiger partial charge in [0.1, 0.15) is 18.7 Å². The molecule has 2 aromatic heterocycles. The van der Waals surface area contributed by atoms with Gasteiger partial charge in [-0.15, -0.1) is 0 Å². The van der Waals surface area contributed by atoms with E-state index in [2.05, 4.69) is 20.3 Å². The Morgan fingerprint density at radius 3 is 2.53 bits per heavy atom. The number of benzene rings is 1. The van der Waals surface area contributed by atoms with Gasteiger partial charge in [-0.05, 0) is 12.1 Å². The minimum absolute atomic E-state index is 0.00386. The molecular formula is C18H13F3N4O4S. The first kappa shape index (κ1) is 19.9. The Hall–Kier alpha value is -3.41. The Bertz CT molecular complexity index is 1110. The number of alkyl halides is 3. The molecule has 3 heterocycles. The Labute approximate surface area is 171 Å². The van der Waals surface area contributed by atoms with Crippen LogP contribution in [-0.4, -0.2) is 35.1 Å². The van der Waals surface area contributed by atoms with E-state index in [0.717, 1.165) is 17.4 Å². The molecule has 0 fully saturated rings. The maximum Gasteiger partial charge on any atom is 0.419 e. The second kappa shape index (κ2) is 7.44. The van der Waals surface area contributed by atoms with Crippen molar-refractivity contribution in [3.8, 4) is 28.8 Å². The molecule has 0 bridgehead atoms. The van der Waals surface area contributed by atoms with Crippen LogP contribution in [-0.2, 0) is 12.8 Å². The molecule has 0 atom stereocenters. The van der Waals surface area contributed by atoms with Crippen molar-refractivity contribution < 1.29 is 32.2 Å². The van der Waals surface area contributed by atoms with Crippen molar-refractivity contribution in [1.29, 1.82) is 0 Å². The highest BCUT2D eigenvalue weighted by atomic mass is 32.1. The predicted molar refractivity (Wildman–Crippen MR) is 100.0 cm³/mol. The minimum Gasteiger partial charge on any atom is -0.487 e. The summed E-state index contributed by atoms with van der Waals surface area (Å²) in [5.41, 5.74) is -0.376. The molecule has 0 radical (unpaired) electrons. The van der Waals surface area contributed by atoms with Gasteiger partial charge in [-0.25, -0.2) is 15.0 Å². The smallest absolute Gasteiger partial charge is 0.419 e. The van der Waals surface area contributed by atoms with Crippen LogP contribution in [0.15, 0.2) is 24.5 Å². The SMILES string of the molecule is COc1ncnc(OC)c1C(=O)Nc1nc2c(s1)COc1c-2cccc1C(F)(F)F. The third kappa shape index (κ3) is 3.38. The summed E-state index contributed by atoms with van der Waals surface area (Å²) >= 11 is 1.09. The van der Waals surface area contributed by atoms with Crippen LogP contribution in [0, 0.1) is 0 Å². The average Bonchev–Trinajstić information content (AvgIpc) is 3.14. The summed E-state index contributed by atoms with van der Waals surface area (Å²) in [5, 5.41) is 2.76. The number of thiazole rings is 1. The van der Waals surface area contributed by atoms with E-state index in [4.69, 9.17) is 14.2 Å². The van der Waals surface area contributed by atoms with Gasteiger partial charge in [0.25, 0.3) is 5.91 Å². The summed E-state index contributed by atoms with van der Waals surface area (Å²) < 4.78 is 55.3. The van der Waals surface area contributed by atoms with Crippen molar-refractivity contribution in [2.75, 3.05) is 19.5 Å². The molecule has 0 saturated carbocycles. The molecule has 1 aliphatic rings. The number of para-hydroxylation sites is 1. The van der Waals surface area contributed by atoms with Crippen LogP contribution in [0.4, 0.5) is 18.3 Å². The van der Waals surface area contributed by atoms with Crippen LogP contribution in [0.5, 0.6) is 17.5 Å². The number of methoxy groups -OCH3 is 2. The van der Waals surface area contributed by atoms with Gasteiger partial charge in [0.2, 0.25) is 11.8 Å². The largest absolute Gasteiger partial charge is 0.487 e. The average molecular weight is 438 g/mol. The topological polar surface area (TPSA) is 95.5 Å². The lowest BCUT2D eigenvalue weighted by Crippen LogP contribution is -2.16. The van der Waals surface area contributed by atoms with Crippen molar-refractivity contribution >= 4 is 22.4 Å². The molecule has 1 aromatic carbocycles. The summed E-state index contributed by atoms with van der Waals surface area (Å²) in [6, 6.07) is 3.73. The second-order valence-corrected chi connectivity index (χ2v) is 7.06. The number of ether oxygens (including phenoxy) is 3. The summed E-state index contributed by atoms with van der Waals surface area (Å²) in [6.07, 6.45) is -3.38. The number of amides is 1. The Morgan fingerprint density at radius 2 is 1.90 bits per heavy atom. The number of halogens is 3. The number of hydrogen-bond donors (Lipinski definition) is 1. The second-order valence-electron chi connectivity index (χ2n) is 5.98. The lowest BCUT2D eigenvalue weighted by Gasteiger charge is -2.20.